The minimum atomic E-state index is -3.68. The molecule has 25 heavy (non-hydrogen) atoms. The van der Waals surface area contributed by atoms with Gasteiger partial charge in [0.25, 0.3) is 0 Å². The molecule has 1 atom stereocenters. The topological polar surface area (TPSA) is 75.7 Å². The number of hydrogen-bond acceptors (Lipinski definition) is 4. The first-order valence-electron chi connectivity index (χ1n) is 7.65. The van der Waals surface area contributed by atoms with Gasteiger partial charge in [-0.3, -0.25) is 4.90 Å². The third-order valence-electron chi connectivity index (χ3n) is 3.81. The van der Waals surface area contributed by atoms with Gasteiger partial charge in [0, 0.05) is 12.2 Å². The van der Waals surface area contributed by atoms with Gasteiger partial charge >= 0.3 is 6.09 Å². The van der Waals surface area contributed by atoms with Crippen molar-refractivity contribution in [3.05, 3.63) is 59.9 Å². The van der Waals surface area contributed by atoms with Crippen LogP contribution < -0.4 is 9.62 Å². The second-order valence-corrected chi connectivity index (χ2v) is 7.53. The van der Waals surface area contributed by atoms with Gasteiger partial charge < -0.3 is 4.74 Å². The molecule has 2 aromatic rings. The molecule has 1 aliphatic rings. The van der Waals surface area contributed by atoms with E-state index < -0.39 is 28.0 Å². The molecule has 3 rings (SSSR count). The zero-order valence-corrected chi connectivity index (χ0v) is 14.3. The van der Waals surface area contributed by atoms with Crippen molar-refractivity contribution in [2.45, 2.75) is 17.9 Å². The number of carbonyl (C=O) groups excluding carboxylic acids is 1. The summed E-state index contributed by atoms with van der Waals surface area (Å²) in [6.45, 7) is 1.94. The summed E-state index contributed by atoms with van der Waals surface area (Å²) in [5, 5.41) is 0. The Morgan fingerprint density at radius 2 is 1.96 bits per heavy atom. The van der Waals surface area contributed by atoms with Gasteiger partial charge in [0.15, 0.2) is 0 Å². The molecule has 132 valence electrons. The Labute approximate surface area is 145 Å². The minimum absolute atomic E-state index is 0.0420. The fourth-order valence-corrected chi connectivity index (χ4v) is 3.70. The van der Waals surface area contributed by atoms with Gasteiger partial charge in [-0.1, -0.05) is 12.1 Å². The highest BCUT2D eigenvalue weighted by Gasteiger charge is 2.33. The van der Waals surface area contributed by atoms with E-state index in [1.807, 2.05) is 0 Å². The Morgan fingerprint density at radius 1 is 1.24 bits per heavy atom. The van der Waals surface area contributed by atoms with Crippen molar-refractivity contribution in [3.8, 4) is 0 Å². The summed E-state index contributed by atoms with van der Waals surface area (Å²) in [5.74, 6) is -0.404. The summed E-state index contributed by atoms with van der Waals surface area (Å²) in [7, 11) is -3.68. The number of nitrogens with zero attached hydrogens (tertiary/aromatic N) is 1. The number of rotatable bonds is 5. The third kappa shape index (κ3) is 3.97. The summed E-state index contributed by atoms with van der Waals surface area (Å²) in [4.78, 5) is 13.4. The summed E-state index contributed by atoms with van der Waals surface area (Å²) >= 11 is 0. The first kappa shape index (κ1) is 17.4. The van der Waals surface area contributed by atoms with Crippen LogP contribution in [0.3, 0.4) is 0 Å². The van der Waals surface area contributed by atoms with E-state index in [1.165, 1.54) is 35.2 Å². The highest BCUT2D eigenvalue weighted by molar-refractivity contribution is 7.89. The van der Waals surface area contributed by atoms with Gasteiger partial charge in [0.05, 0.1) is 11.4 Å². The highest BCUT2D eigenvalue weighted by Crippen LogP contribution is 2.22. The molecule has 1 saturated heterocycles. The average molecular weight is 364 g/mol. The Morgan fingerprint density at radius 3 is 2.64 bits per heavy atom. The smallest absolute Gasteiger partial charge is 0.414 e. The molecule has 1 heterocycles. The number of amides is 1. The minimum Gasteiger partial charge on any atom is -0.443 e. The van der Waals surface area contributed by atoms with Gasteiger partial charge in [-0.05, 0) is 48.9 Å². The fourth-order valence-electron chi connectivity index (χ4n) is 2.53. The number of cyclic esters (lactones) is 1. The molecule has 0 aliphatic carbocycles. The predicted octanol–water partition coefficient (Wildman–Crippen LogP) is 2.44. The normalized spacial score (nSPS) is 17.6. The number of aryl methyl sites for hydroxylation is 1. The monoisotopic (exact) mass is 364 g/mol. The van der Waals surface area contributed by atoms with Crippen molar-refractivity contribution >= 4 is 21.8 Å². The van der Waals surface area contributed by atoms with Crippen LogP contribution in [0.15, 0.2) is 53.4 Å². The van der Waals surface area contributed by atoms with Gasteiger partial charge in [-0.15, -0.1) is 0 Å². The lowest BCUT2D eigenvalue weighted by Crippen LogP contribution is -2.34. The van der Waals surface area contributed by atoms with Crippen LogP contribution in [0.25, 0.3) is 0 Å². The number of sulfonamides is 1. The second kappa shape index (κ2) is 6.81. The van der Waals surface area contributed by atoms with E-state index >= 15 is 0 Å². The summed E-state index contributed by atoms with van der Waals surface area (Å²) in [6.07, 6.45) is -1.22. The number of anilines is 1. The first-order valence-corrected chi connectivity index (χ1v) is 9.13. The van der Waals surface area contributed by atoms with Crippen LogP contribution in [-0.4, -0.2) is 33.7 Å². The number of benzene rings is 2. The zero-order chi connectivity index (χ0) is 18.0. The maximum absolute atomic E-state index is 13.0. The largest absolute Gasteiger partial charge is 0.443 e. The predicted molar refractivity (Wildman–Crippen MR) is 90.4 cm³/mol. The molecule has 1 amide bonds. The molecule has 0 saturated carbocycles. The molecule has 1 aliphatic heterocycles. The van der Waals surface area contributed by atoms with Crippen LogP contribution in [0.1, 0.15) is 5.56 Å². The Balaban J connectivity index is 1.65. The van der Waals surface area contributed by atoms with Crippen molar-refractivity contribution in [1.82, 2.24) is 4.72 Å². The molecular formula is C17H17FN2O4S. The molecule has 6 nitrogen and oxygen atoms in total. The molecule has 0 aromatic heterocycles. The van der Waals surface area contributed by atoms with Crippen molar-refractivity contribution in [2.24, 2.45) is 0 Å². The van der Waals surface area contributed by atoms with Crippen LogP contribution in [0.5, 0.6) is 0 Å². The number of nitrogens with one attached hydrogen (secondary N) is 1. The lowest BCUT2D eigenvalue weighted by Gasteiger charge is -2.13. The molecular weight excluding hydrogens is 347 g/mol. The Kier molecular flexibility index (Phi) is 4.73. The van der Waals surface area contributed by atoms with Gasteiger partial charge in [0.2, 0.25) is 10.0 Å². The number of hydrogen-bond donors (Lipinski definition) is 1. The maximum Gasteiger partial charge on any atom is 0.414 e. The van der Waals surface area contributed by atoms with Crippen molar-refractivity contribution in [3.63, 3.8) is 0 Å². The molecule has 0 spiro atoms. The van der Waals surface area contributed by atoms with Crippen molar-refractivity contribution in [2.75, 3.05) is 18.0 Å². The van der Waals surface area contributed by atoms with E-state index in [0.717, 1.165) is 5.56 Å². The van der Waals surface area contributed by atoms with E-state index in [2.05, 4.69) is 4.72 Å². The molecule has 1 N–H and O–H groups in total. The average Bonchev–Trinajstić information content (AvgIpc) is 2.95. The van der Waals surface area contributed by atoms with E-state index in [0.29, 0.717) is 5.69 Å². The van der Waals surface area contributed by atoms with Crippen LogP contribution in [0.4, 0.5) is 14.9 Å². The summed E-state index contributed by atoms with van der Waals surface area (Å²) in [6, 6.07) is 12.0. The summed E-state index contributed by atoms with van der Waals surface area (Å²) in [5.41, 5.74) is 1.33. The van der Waals surface area contributed by atoms with Crippen LogP contribution in [0.2, 0.25) is 0 Å². The highest BCUT2D eigenvalue weighted by atomic mass is 32.2. The molecule has 0 bridgehead atoms. The zero-order valence-electron chi connectivity index (χ0n) is 13.5. The van der Waals surface area contributed by atoms with Crippen molar-refractivity contribution in [1.29, 1.82) is 0 Å². The fraction of sp³-hybridized carbons (Fsp3) is 0.235. The lowest BCUT2D eigenvalue weighted by molar-refractivity contribution is 0.143. The number of ether oxygens (including phenoxy) is 1. The van der Waals surface area contributed by atoms with Crippen molar-refractivity contribution < 1.29 is 22.3 Å². The maximum atomic E-state index is 13.0. The number of halogens is 1. The molecule has 0 radical (unpaired) electrons. The van der Waals surface area contributed by atoms with E-state index in [-0.39, 0.29) is 18.0 Å². The molecule has 8 heteroatoms. The SMILES string of the molecule is Cc1cccc(S(=O)(=O)NCC2CN(c3ccc(F)cc3)C(=O)O2)c1. The van der Waals surface area contributed by atoms with Crippen LogP contribution >= 0.6 is 0 Å². The molecule has 1 fully saturated rings. The quantitative estimate of drug-likeness (QED) is 0.884. The van der Waals surface area contributed by atoms with Crippen LogP contribution in [0, 0.1) is 12.7 Å². The van der Waals surface area contributed by atoms with E-state index in [4.69, 9.17) is 4.74 Å². The van der Waals surface area contributed by atoms with Crippen LogP contribution in [-0.2, 0) is 14.8 Å². The Hall–Kier alpha value is -2.45. The standard InChI is InChI=1S/C17H17FN2O4S/c1-12-3-2-4-16(9-12)25(22,23)19-10-15-11-20(17(21)24-15)14-7-5-13(18)6-8-14/h2-9,15,19H,10-11H2,1H3. The summed E-state index contributed by atoms with van der Waals surface area (Å²) < 4.78 is 45.2. The van der Waals surface area contributed by atoms with E-state index in [9.17, 15) is 17.6 Å². The van der Waals surface area contributed by atoms with Gasteiger partial charge in [-0.2, -0.15) is 0 Å². The first-order chi connectivity index (χ1) is 11.8. The second-order valence-electron chi connectivity index (χ2n) is 5.76. The van der Waals surface area contributed by atoms with Gasteiger partial charge in [0.1, 0.15) is 11.9 Å². The Bertz CT molecular complexity index is 884. The van der Waals surface area contributed by atoms with Gasteiger partial charge in [-0.25, -0.2) is 22.3 Å². The third-order valence-corrected chi connectivity index (χ3v) is 5.23. The molecule has 1 unspecified atom stereocenters. The number of carbonyl (C=O) groups is 1. The van der Waals surface area contributed by atoms with E-state index in [1.54, 1.807) is 25.1 Å². The lowest BCUT2D eigenvalue weighted by atomic mass is 10.2. The molecule has 2 aromatic carbocycles.